The van der Waals surface area contributed by atoms with Crippen LogP contribution in [0.5, 0.6) is 5.75 Å². The number of thioether (sulfide) groups is 1. The van der Waals surface area contributed by atoms with Crippen molar-refractivity contribution in [2.24, 2.45) is 5.92 Å². The van der Waals surface area contributed by atoms with Gasteiger partial charge in [0, 0.05) is 5.56 Å². The van der Waals surface area contributed by atoms with Crippen LogP contribution in [-0.4, -0.2) is 33.1 Å². The third kappa shape index (κ3) is 5.32. The molecule has 3 aromatic rings. The minimum absolute atomic E-state index is 0.00887. The van der Waals surface area contributed by atoms with E-state index in [0.29, 0.717) is 22.5 Å². The number of nitrogen functional groups attached to an aromatic ring is 1. The van der Waals surface area contributed by atoms with Crippen LogP contribution in [0, 0.1) is 5.92 Å². The summed E-state index contributed by atoms with van der Waals surface area (Å²) in [5.41, 5.74) is 1.69. The van der Waals surface area contributed by atoms with Crippen molar-refractivity contribution in [3.63, 3.8) is 0 Å². The quantitative estimate of drug-likeness (QED) is 0.386. The molecule has 1 aromatic heterocycles. The van der Waals surface area contributed by atoms with Crippen LogP contribution in [0.1, 0.15) is 24.4 Å². The van der Waals surface area contributed by atoms with Gasteiger partial charge in [-0.1, -0.05) is 42.1 Å². The van der Waals surface area contributed by atoms with Gasteiger partial charge in [-0.05, 0) is 48.6 Å². The summed E-state index contributed by atoms with van der Waals surface area (Å²) in [6, 6.07) is 15.9. The molecule has 0 radical (unpaired) electrons. The summed E-state index contributed by atoms with van der Waals surface area (Å²) in [6.07, 6.45) is 2.21. The number of carbonyl (C=O) groups excluding carboxylic acids is 1. The minimum Gasteiger partial charge on any atom is -0.435 e. The van der Waals surface area contributed by atoms with Gasteiger partial charge in [0.2, 0.25) is 11.1 Å². The minimum atomic E-state index is -2.89. The van der Waals surface area contributed by atoms with Crippen molar-refractivity contribution in [2.75, 3.05) is 11.6 Å². The van der Waals surface area contributed by atoms with Crippen LogP contribution in [0.4, 0.5) is 8.78 Å². The summed E-state index contributed by atoms with van der Waals surface area (Å²) in [6.45, 7) is -2.89. The predicted molar refractivity (Wildman–Crippen MR) is 113 cm³/mol. The maximum absolute atomic E-state index is 12.5. The van der Waals surface area contributed by atoms with E-state index in [0.717, 1.165) is 18.4 Å². The third-order valence-corrected chi connectivity index (χ3v) is 5.85. The van der Waals surface area contributed by atoms with Crippen molar-refractivity contribution < 1.29 is 18.3 Å². The zero-order valence-electron chi connectivity index (χ0n) is 16.4. The monoisotopic (exact) mass is 445 g/mol. The first kappa shape index (κ1) is 21.1. The number of halogens is 2. The Morgan fingerprint density at radius 1 is 1.16 bits per heavy atom. The van der Waals surface area contributed by atoms with E-state index in [1.807, 2.05) is 30.3 Å². The number of benzene rings is 2. The standard InChI is InChI=1S/C21H21F2N5O2S/c22-20(23)30-16-10-8-15(9-11-16)19-26-27-21(28(19)24)31-12-17(29)25-18(14-6-7-14)13-4-2-1-3-5-13/h1-5,8-11,14,18,20H,6-7,12,24H2,(H,25,29). The first-order chi connectivity index (χ1) is 15.0. The van der Waals surface area contributed by atoms with Crippen LogP contribution in [0.3, 0.4) is 0 Å². The fourth-order valence-corrected chi connectivity index (χ4v) is 3.93. The molecule has 1 amide bonds. The summed E-state index contributed by atoms with van der Waals surface area (Å²) < 4.78 is 30.2. The van der Waals surface area contributed by atoms with Gasteiger partial charge < -0.3 is 15.9 Å². The number of nitrogens with two attached hydrogens (primary N) is 1. The SMILES string of the molecule is Nn1c(SCC(=O)NC(c2ccccc2)C2CC2)nnc1-c1ccc(OC(F)F)cc1. The molecule has 1 atom stereocenters. The zero-order chi connectivity index (χ0) is 21.8. The molecule has 4 rings (SSSR count). The lowest BCUT2D eigenvalue weighted by Gasteiger charge is -2.18. The Kier molecular flexibility index (Phi) is 6.36. The number of nitrogens with zero attached hydrogens (tertiary/aromatic N) is 3. The molecular weight excluding hydrogens is 424 g/mol. The Morgan fingerprint density at radius 3 is 2.52 bits per heavy atom. The fourth-order valence-electron chi connectivity index (χ4n) is 3.27. The van der Waals surface area contributed by atoms with Crippen LogP contribution in [0.25, 0.3) is 11.4 Å². The second kappa shape index (κ2) is 9.34. The summed E-state index contributed by atoms with van der Waals surface area (Å²) in [5.74, 6) is 6.98. The first-order valence-electron chi connectivity index (χ1n) is 9.74. The van der Waals surface area contributed by atoms with E-state index in [1.54, 1.807) is 12.1 Å². The van der Waals surface area contributed by atoms with Crippen LogP contribution >= 0.6 is 11.8 Å². The Hall–Kier alpha value is -3.14. The highest BCUT2D eigenvalue weighted by Crippen LogP contribution is 2.41. The smallest absolute Gasteiger partial charge is 0.387 e. The highest BCUT2D eigenvalue weighted by molar-refractivity contribution is 7.99. The van der Waals surface area contributed by atoms with Gasteiger partial charge in [-0.25, -0.2) is 4.68 Å². The molecule has 1 heterocycles. The van der Waals surface area contributed by atoms with Crippen molar-refractivity contribution in [1.82, 2.24) is 20.2 Å². The number of carbonyl (C=O) groups is 1. The van der Waals surface area contributed by atoms with E-state index < -0.39 is 6.61 Å². The number of amides is 1. The molecule has 31 heavy (non-hydrogen) atoms. The topological polar surface area (TPSA) is 95.1 Å². The molecule has 162 valence electrons. The Bertz CT molecular complexity index is 1030. The maximum atomic E-state index is 12.5. The third-order valence-electron chi connectivity index (χ3n) is 4.90. The zero-order valence-corrected chi connectivity index (χ0v) is 17.3. The van der Waals surface area contributed by atoms with Gasteiger partial charge in [0.05, 0.1) is 11.8 Å². The van der Waals surface area contributed by atoms with Crippen LogP contribution < -0.4 is 15.9 Å². The molecule has 0 bridgehead atoms. The summed E-state index contributed by atoms with van der Waals surface area (Å²) in [7, 11) is 0. The van der Waals surface area contributed by atoms with Crippen LogP contribution in [-0.2, 0) is 4.79 Å². The lowest BCUT2D eigenvalue weighted by Crippen LogP contribution is -2.31. The van der Waals surface area contributed by atoms with Gasteiger partial charge in [0.15, 0.2) is 5.82 Å². The average molecular weight is 445 g/mol. The fraction of sp³-hybridized carbons (Fsp3) is 0.286. The molecule has 10 heteroatoms. The molecule has 1 saturated carbocycles. The molecule has 1 aliphatic carbocycles. The normalized spacial score (nSPS) is 14.4. The van der Waals surface area contributed by atoms with Crippen molar-refractivity contribution >= 4 is 17.7 Å². The number of hydrogen-bond acceptors (Lipinski definition) is 6. The van der Waals surface area contributed by atoms with Gasteiger partial charge in [-0.15, -0.1) is 10.2 Å². The first-order valence-corrected chi connectivity index (χ1v) is 10.7. The maximum Gasteiger partial charge on any atom is 0.387 e. The second-order valence-corrected chi connectivity index (χ2v) is 8.10. The Morgan fingerprint density at radius 2 is 1.87 bits per heavy atom. The highest BCUT2D eigenvalue weighted by atomic mass is 32.2. The highest BCUT2D eigenvalue weighted by Gasteiger charge is 2.33. The van der Waals surface area contributed by atoms with E-state index in [1.165, 1.54) is 28.6 Å². The van der Waals surface area contributed by atoms with E-state index >= 15 is 0 Å². The molecule has 1 fully saturated rings. The molecule has 1 aliphatic rings. The van der Waals surface area contributed by atoms with Crippen molar-refractivity contribution in [1.29, 1.82) is 0 Å². The van der Waals surface area contributed by atoms with Crippen molar-refractivity contribution in [3.8, 4) is 17.1 Å². The number of nitrogens with one attached hydrogen (secondary N) is 1. The number of hydrogen-bond donors (Lipinski definition) is 2. The molecule has 3 N–H and O–H groups in total. The van der Waals surface area contributed by atoms with E-state index in [4.69, 9.17) is 5.84 Å². The predicted octanol–water partition coefficient (Wildman–Crippen LogP) is 3.62. The van der Waals surface area contributed by atoms with E-state index in [-0.39, 0.29) is 23.5 Å². The molecule has 0 saturated heterocycles. The van der Waals surface area contributed by atoms with Gasteiger partial charge >= 0.3 is 6.61 Å². The largest absolute Gasteiger partial charge is 0.435 e. The molecule has 0 spiro atoms. The van der Waals surface area contributed by atoms with Gasteiger partial charge in [0.1, 0.15) is 5.75 Å². The number of ether oxygens (including phenoxy) is 1. The number of aromatic nitrogens is 3. The molecule has 7 nitrogen and oxygen atoms in total. The Balaban J connectivity index is 1.37. The van der Waals surface area contributed by atoms with Gasteiger partial charge in [-0.3, -0.25) is 4.79 Å². The van der Waals surface area contributed by atoms with Gasteiger partial charge in [0.25, 0.3) is 0 Å². The van der Waals surface area contributed by atoms with Crippen molar-refractivity contribution in [3.05, 3.63) is 60.2 Å². The van der Waals surface area contributed by atoms with Gasteiger partial charge in [-0.2, -0.15) is 8.78 Å². The second-order valence-electron chi connectivity index (χ2n) is 7.16. The lowest BCUT2D eigenvalue weighted by molar-refractivity contribution is -0.119. The van der Waals surface area contributed by atoms with E-state index in [2.05, 4.69) is 20.3 Å². The number of rotatable bonds is 9. The lowest BCUT2D eigenvalue weighted by atomic mass is 10.0. The molecule has 1 unspecified atom stereocenters. The summed E-state index contributed by atoms with van der Waals surface area (Å²) in [5, 5.41) is 11.6. The van der Waals surface area contributed by atoms with Crippen molar-refractivity contribution in [2.45, 2.75) is 30.7 Å². The molecular formula is C21H21F2N5O2S. The summed E-state index contributed by atoms with van der Waals surface area (Å²) >= 11 is 1.18. The number of alkyl halides is 2. The van der Waals surface area contributed by atoms with Crippen LogP contribution in [0.15, 0.2) is 59.8 Å². The average Bonchev–Trinajstić information content (AvgIpc) is 3.54. The summed E-state index contributed by atoms with van der Waals surface area (Å²) in [4.78, 5) is 12.5. The molecule has 0 aliphatic heterocycles. The molecule has 2 aromatic carbocycles. The Labute approximate surface area is 182 Å². The van der Waals surface area contributed by atoms with Crippen LogP contribution in [0.2, 0.25) is 0 Å². The van der Waals surface area contributed by atoms with E-state index in [9.17, 15) is 13.6 Å².